The first-order chi connectivity index (χ1) is 9.22. The molecule has 0 aliphatic rings. The van der Waals surface area contributed by atoms with E-state index in [4.69, 9.17) is 4.74 Å². The molecular weight excluding hydrogens is 242 g/mol. The molecule has 0 saturated heterocycles. The highest BCUT2D eigenvalue weighted by molar-refractivity contribution is 5.94. The molecule has 0 aliphatic heterocycles. The molecule has 19 heavy (non-hydrogen) atoms. The van der Waals surface area contributed by atoms with Crippen molar-refractivity contribution < 1.29 is 9.53 Å². The van der Waals surface area contributed by atoms with Gasteiger partial charge in [-0.3, -0.25) is 4.79 Å². The van der Waals surface area contributed by atoms with Crippen LogP contribution in [0.3, 0.4) is 0 Å². The predicted octanol–water partition coefficient (Wildman–Crippen LogP) is 2.46. The lowest BCUT2D eigenvalue weighted by molar-refractivity contribution is 0.0962. The molecular formula is C14H23N3O2. The van der Waals surface area contributed by atoms with Gasteiger partial charge in [0.1, 0.15) is 0 Å². The fraction of sp³-hybridized carbons (Fsp3) is 0.429. The van der Waals surface area contributed by atoms with Crippen LogP contribution in [0.2, 0.25) is 0 Å². The van der Waals surface area contributed by atoms with Crippen LogP contribution in [-0.4, -0.2) is 31.6 Å². The van der Waals surface area contributed by atoms with Crippen molar-refractivity contribution in [3.05, 3.63) is 30.0 Å². The summed E-state index contributed by atoms with van der Waals surface area (Å²) >= 11 is 0. The number of allylic oxidation sites excluding steroid dienone is 1. The summed E-state index contributed by atoms with van der Waals surface area (Å²) in [5.74, 6) is 0.302. The number of pyridine rings is 1. The Morgan fingerprint density at radius 2 is 2.16 bits per heavy atom. The van der Waals surface area contributed by atoms with Gasteiger partial charge in [-0.15, -0.1) is 0 Å². The Morgan fingerprint density at radius 1 is 1.47 bits per heavy atom. The van der Waals surface area contributed by atoms with Gasteiger partial charge in [-0.2, -0.15) is 0 Å². The minimum Gasteiger partial charge on any atom is -0.480 e. The van der Waals surface area contributed by atoms with E-state index in [1.165, 1.54) is 6.20 Å². The third kappa shape index (κ3) is 5.42. The largest absolute Gasteiger partial charge is 0.480 e. The van der Waals surface area contributed by atoms with E-state index in [2.05, 4.69) is 15.6 Å². The van der Waals surface area contributed by atoms with Gasteiger partial charge in [-0.1, -0.05) is 26.0 Å². The van der Waals surface area contributed by atoms with Crippen LogP contribution in [0.4, 0.5) is 5.69 Å². The zero-order valence-electron chi connectivity index (χ0n) is 12.3. The summed E-state index contributed by atoms with van der Waals surface area (Å²) in [5.41, 5.74) is 1.20. The van der Waals surface area contributed by atoms with Gasteiger partial charge >= 0.3 is 0 Å². The Labute approximate surface area is 115 Å². The molecule has 2 N–H and O–H groups in total. The van der Waals surface area contributed by atoms with E-state index in [1.54, 1.807) is 20.2 Å². The first kappa shape index (κ1) is 17.0. The molecule has 0 fully saturated rings. The van der Waals surface area contributed by atoms with Crippen molar-refractivity contribution >= 4 is 11.6 Å². The lowest BCUT2D eigenvalue weighted by Gasteiger charge is -2.10. The second-order valence-corrected chi connectivity index (χ2v) is 3.31. The molecule has 0 spiro atoms. The van der Waals surface area contributed by atoms with Crippen molar-refractivity contribution in [2.45, 2.75) is 20.8 Å². The lowest BCUT2D eigenvalue weighted by atomic mass is 10.2. The number of ether oxygens (including phenoxy) is 1. The Hall–Kier alpha value is -2.04. The van der Waals surface area contributed by atoms with E-state index in [1.807, 2.05) is 32.9 Å². The first-order valence-corrected chi connectivity index (χ1v) is 6.34. The molecule has 0 unspecified atom stereocenters. The number of hydrogen-bond acceptors (Lipinski definition) is 4. The van der Waals surface area contributed by atoms with Crippen molar-refractivity contribution in [2.75, 3.05) is 26.0 Å². The summed E-state index contributed by atoms with van der Waals surface area (Å²) in [6.45, 7) is 6.60. The van der Waals surface area contributed by atoms with Crippen LogP contribution in [0.5, 0.6) is 5.88 Å². The zero-order valence-corrected chi connectivity index (χ0v) is 12.3. The van der Waals surface area contributed by atoms with Gasteiger partial charge < -0.3 is 15.4 Å². The second-order valence-electron chi connectivity index (χ2n) is 3.31. The van der Waals surface area contributed by atoms with Gasteiger partial charge in [0.15, 0.2) is 0 Å². The number of aromatic nitrogens is 1. The maximum atomic E-state index is 11.5. The molecule has 1 rings (SSSR count). The monoisotopic (exact) mass is 265 g/mol. The minimum absolute atomic E-state index is 0.172. The zero-order chi connectivity index (χ0) is 14.7. The molecule has 0 aliphatic carbocycles. The van der Waals surface area contributed by atoms with Crippen LogP contribution in [0.15, 0.2) is 24.4 Å². The number of carbonyl (C=O) groups excluding carboxylic acids is 1. The standard InChI is InChI=1S/C12H17N3O2.C2H6/c1-4-5-6-14-10-7-9(11(16)13-2)8-15-12(10)17-3;1-2/h4-5,7-8,14H,6H2,1-3H3,(H,13,16);1-2H3/b5-4+;. The molecule has 106 valence electrons. The van der Waals surface area contributed by atoms with Crippen LogP contribution in [0.25, 0.3) is 0 Å². The lowest BCUT2D eigenvalue weighted by Crippen LogP contribution is -2.18. The number of hydrogen-bond donors (Lipinski definition) is 2. The van der Waals surface area contributed by atoms with Crippen molar-refractivity contribution in [3.8, 4) is 5.88 Å². The van der Waals surface area contributed by atoms with Crippen molar-refractivity contribution in [2.24, 2.45) is 0 Å². The maximum Gasteiger partial charge on any atom is 0.252 e. The van der Waals surface area contributed by atoms with E-state index in [0.29, 0.717) is 23.7 Å². The Kier molecular flexibility index (Phi) is 8.87. The maximum absolute atomic E-state index is 11.5. The van der Waals surface area contributed by atoms with E-state index in [9.17, 15) is 4.79 Å². The summed E-state index contributed by atoms with van der Waals surface area (Å²) in [6.07, 6.45) is 5.39. The number of nitrogens with zero attached hydrogens (tertiary/aromatic N) is 1. The van der Waals surface area contributed by atoms with Crippen molar-refractivity contribution in [3.63, 3.8) is 0 Å². The topological polar surface area (TPSA) is 63.2 Å². The molecule has 0 atom stereocenters. The SMILES string of the molecule is C/C=C/CNc1cc(C(=O)NC)cnc1OC.CC. The average molecular weight is 265 g/mol. The molecule has 1 aromatic rings. The van der Waals surface area contributed by atoms with Crippen LogP contribution >= 0.6 is 0 Å². The molecule has 1 aromatic heterocycles. The number of methoxy groups -OCH3 is 1. The van der Waals surface area contributed by atoms with Crippen LogP contribution in [0, 0.1) is 0 Å². The van der Waals surface area contributed by atoms with E-state index in [-0.39, 0.29) is 5.91 Å². The van der Waals surface area contributed by atoms with Crippen molar-refractivity contribution in [1.82, 2.24) is 10.3 Å². The van der Waals surface area contributed by atoms with E-state index >= 15 is 0 Å². The van der Waals surface area contributed by atoms with Gasteiger partial charge in [0.25, 0.3) is 5.91 Å². The Morgan fingerprint density at radius 3 is 2.68 bits per heavy atom. The fourth-order valence-electron chi connectivity index (χ4n) is 1.30. The summed E-state index contributed by atoms with van der Waals surface area (Å²) in [5, 5.41) is 5.68. The molecule has 5 nitrogen and oxygen atoms in total. The number of anilines is 1. The predicted molar refractivity (Wildman–Crippen MR) is 78.8 cm³/mol. The molecule has 0 bridgehead atoms. The Bertz CT molecular complexity index is 417. The summed E-state index contributed by atoms with van der Waals surface area (Å²) in [4.78, 5) is 15.5. The minimum atomic E-state index is -0.172. The summed E-state index contributed by atoms with van der Waals surface area (Å²) < 4.78 is 5.11. The van der Waals surface area contributed by atoms with E-state index in [0.717, 1.165) is 0 Å². The highest BCUT2D eigenvalue weighted by atomic mass is 16.5. The fourth-order valence-corrected chi connectivity index (χ4v) is 1.30. The highest BCUT2D eigenvalue weighted by Crippen LogP contribution is 2.21. The van der Waals surface area contributed by atoms with Gasteiger partial charge in [0.2, 0.25) is 5.88 Å². The van der Waals surface area contributed by atoms with Crippen LogP contribution < -0.4 is 15.4 Å². The quantitative estimate of drug-likeness (QED) is 0.803. The van der Waals surface area contributed by atoms with Crippen LogP contribution in [0.1, 0.15) is 31.1 Å². The number of carbonyl (C=O) groups is 1. The van der Waals surface area contributed by atoms with Gasteiger partial charge in [0, 0.05) is 19.8 Å². The van der Waals surface area contributed by atoms with E-state index < -0.39 is 0 Å². The second kappa shape index (κ2) is 9.94. The van der Waals surface area contributed by atoms with Crippen molar-refractivity contribution in [1.29, 1.82) is 0 Å². The summed E-state index contributed by atoms with van der Waals surface area (Å²) in [6, 6.07) is 1.72. The normalized spacial score (nSPS) is 9.53. The Balaban J connectivity index is 0.00000154. The van der Waals surface area contributed by atoms with Crippen LogP contribution in [-0.2, 0) is 0 Å². The van der Waals surface area contributed by atoms with Gasteiger partial charge in [-0.25, -0.2) is 4.98 Å². The molecule has 0 aromatic carbocycles. The molecule has 1 amide bonds. The highest BCUT2D eigenvalue weighted by Gasteiger charge is 2.09. The number of amides is 1. The van der Waals surface area contributed by atoms with Gasteiger partial charge in [-0.05, 0) is 13.0 Å². The number of rotatable bonds is 5. The third-order valence-corrected chi connectivity index (χ3v) is 2.18. The summed E-state index contributed by atoms with van der Waals surface area (Å²) in [7, 11) is 3.13. The average Bonchev–Trinajstić information content (AvgIpc) is 2.48. The molecule has 5 heteroatoms. The third-order valence-electron chi connectivity index (χ3n) is 2.18. The smallest absolute Gasteiger partial charge is 0.252 e. The first-order valence-electron chi connectivity index (χ1n) is 6.34. The number of nitrogens with one attached hydrogen (secondary N) is 2. The molecule has 0 radical (unpaired) electrons. The van der Waals surface area contributed by atoms with Gasteiger partial charge in [0.05, 0.1) is 18.4 Å². The molecule has 0 saturated carbocycles. The molecule has 1 heterocycles.